The number of aliphatic hydroxyl groups excluding tert-OH is 1. The van der Waals surface area contributed by atoms with Gasteiger partial charge in [-0.15, -0.1) is 0 Å². The Morgan fingerprint density at radius 3 is 2.60 bits per heavy atom. The van der Waals surface area contributed by atoms with Crippen LogP contribution in [0.4, 0.5) is 0 Å². The van der Waals surface area contributed by atoms with Gasteiger partial charge in [0, 0.05) is 35.7 Å². The van der Waals surface area contributed by atoms with E-state index in [9.17, 15) is 24.6 Å². The van der Waals surface area contributed by atoms with E-state index in [2.05, 4.69) is 0 Å². The van der Waals surface area contributed by atoms with Gasteiger partial charge in [-0.25, -0.2) is 9.59 Å². The first kappa shape index (κ1) is 20.0. The Morgan fingerprint density at radius 2 is 2.00 bits per heavy atom. The lowest BCUT2D eigenvalue weighted by atomic mass is 9.50. The van der Waals surface area contributed by atoms with Crippen LogP contribution in [0.3, 0.4) is 0 Å². The van der Waals surface area contributed by atoms with Gasteiger partial charge in [-0.2, -0.15) is 0 Å². The molecular weight excluding hydrogens is 396 g/mol. The maximum Gasteiger partial charge on any atom is 0.348 e. The molecule has 10 atom stereocenters. The number of hydrogen-bond donors (Lipinski definition) is 2. The van der Waals surface area contributed by atoms with Gasteiger partial charge in [0.15, 0.2) is 5.79 Å². The molecule has 9 nitrogen and oxygen atoms in total. The fourth-order valence-corrected chi connectivity index (χ4v) is 7.47. The Balaban J connectivity index is 1.69. The highest BCUT2D eigenvalue weighted by atomic mass is 16.7. The molecule has 2 saturated heterocycles. The highest BCUT2D eigenvalue weighted by Gasteiger charge is 2.84. The predicted molar refractivity (Wildman–Crippen MR) is 97.3 cm³/mol. The molecule has 0 aromatic carbocycles. The number of cyclic esters (lactones) is 1. The van der Waals surface area contributed by atoms with Crippen molar-refractivity contribution in [2.45, 2.75) is 64.3 Å². The summed E-state index contributed by atoms with van der Waals surface area (Å²) < 4.78 is 22.6. The van der Waals surface area contributed by atoms with Gasteiger partial charge in [0.05, 0.1) is 6.61 Å². The molecular formula is C21H26O9. The molecule has 2 bridgehead atoms. The van der Waals surface area contributed by atoms with Crippen molar-refractivity contribution in [1.82, 2.24) is 0 Å². The summed E-state index contributed by atoms with van der Waals surface area (Å²) in [6.07, 6.45) is -2.09. The lowest BCUT2D eigenvalue weighted by Crippen LogP contribution is -2.69. The van der Waals surface area contributed by atoms with E-state index in [0.717, 1.165) is 0 Å². The van der Waals surface area contributed by atoms with E-state index in [1.54, 1.807) is 13.8 Å². The van der Waals surface area contributed by atoms with Crippen molar-refractivity contribution in [3.05, 3.63) is 11.6 Å². The fourth-order valence-electron chi connectivity index (χ4n) is 7.47. The van der Waals surface area contributed by atoms with Crippen LogP contribution < -0.4 is 0 Å². The molecule has 3 aliphatic heterocycles. The Labute approximate surface area is 173 Å². The second-order valence-corrected chi connectivity index (χ2v) is 9.79. The molecule has 0 unspecified atom stereocenters. The van der Waals surface area contributed by atoms with Gasteiger partial charge in [0.1, 0.15) is 18.3 Å². The monoisotopic (exact) mass is 422 g/mol. The van der Waals surface area contributed by atoms with Gasteiger partial charge in [0.25, 0.3) is 0 Å². The Hall–Kier alpha value is -1.97. The van der Waals surface area contributed by atoms with Crippen molar-refractivity contribution in [1.29, 1.82) is 0 Å². The smallest absolute Gasteiger partial charge is 0.348 e. The van der Waals surface area contributed by atoms with Crippen molar-refractivity contribution >= 4 is 17.9 Å². The van der Waals surface area contributed by atoms with E-state index in [1.807, 2.05) is 6.92 Å². The van der Waals surface area contributed by atoms with Gasteiger partial charge in [-0.3, -0.25) is 4.79 Å². The topological polar surface area (TPSA) is 129 Å². The van der Waals surface area contributed by atoms with Crippen molar-refractivity contribution in [3.63, 3.8) is 0 Å². The quantitative estimate of drug-likeness (QED) is 0.469. The van der Waals surface area contributed by atoms with Crippen LogP contribution >= 0.6 is 0 Å². The molecule has 0 aromatic rings. The first-order valence-electron chi connectivity index (χ1n) is 10.3. The number of carbonyl (C=O) groups excluding carboxylic acids is 3. The number of esters is 3. The van der Waals surface area contributed by atoms with Crippen LogP contribution in [0.5, 0.6) is 0 Å². The third kappa shape index (κ3) is 2.10. The van der Waals surface area contributed by atoms with Gasteiger partial charge in [-0.1, -0.05) is 13.8 Å². The molecule has 0 amide bonds. The summed E-state index contributed by atoms with van der Waals surface area (Å²) in [5, 5.41) is 22.7. The minimum Gasteiger partial charge on any atom is -0.459 e. The van der Waals surface area contributed by atoms with E-state index in [1.165, 1.54) is 13.0 Å². The normalized spacial score (nSPS) is 53.7. The van der Waals surface area contributed by atoms with Gasteiger partial charge in [0.2, 0.25) is 6.10 Å². The van der Waals surface area contributed by atoms with E-state index in [4.69, 9.17) is 18.9 Å². The molecule has 2 saturated carbocycles. The Morgan fingerprint density at radius 1 is 1.30 bits per heavy atom. The number of rotatable bonds is 2. The number of carbonyl (C=O) groups is 3. The first-order chi connectivity index (χ1) is 14.0. The van der Waals surface area contributed by atoms with E-state index < -0.39 is 76.7 Å². The maximum absolute atomic E-state index is 12.8. The summed E-state index contributed by atoms with van der Waals surface area (Å²) in [5.74, 6) is -5.59. The zero-order chi connectivity index (χ0) is 21.8. The zero-order valence-electron chi connectivity index (χ0n) is 17.3. The molecule has 9 heteroatoms. The number of ether oxygens (including phenoxy) is 4. The number of hydrogen-bond acceptors (Lipinski definition) is 9. The molecule has 2 aliphatic carbocycles. The Bertz CT molecular complexity index is 882. The minimum absolute atomic E-state index is 0.0367. The van der Waals surface area contributed by atoms with E-state index in [-0.39, 0.29) is 6.61 Å². The number of aliphatic hydroxyl groups is 2. The molecule has 5 rings (SSSR count). The largest absolute Gasteiger partial charge is 0.459 e. The minimum atomic E-state index is -1.90. The zero-order valence-corrected chi connectivity index (χ0v) is 17.3. The molecule has 30 heavy (non-hydrogen) atoms. The van der Waals surface area contributed by atoms with Crippen molar-refractivity contribution in [2.75, 3.05) is 6.61 Å². The maximum atomic E-state index is 12.8. The molecule has 164 valence electrons. The summed E-state index contributed by atoms with van der Waals surface area (Å²) >= 11 is 0. The molecule has 5 aliphatic rings. The highest BCUT2D eigenvalue weighted by Crippen LogP contribution is 2.74. The third-order valence-electron chi connectivity index (χ3n) is 8.20. The van der Waals surface area contributed by atoms with Crippen molar-refractivity contribution < 1.29 is 43.5 Å². The van der Waals surface area contributed by atoms with E-state index in [0.29, 0.717) is 12.0 Å². The Kier molecular flexibility index (Phi) is 3.88. The SMILES string of the molecule is CC(=O)O[C@H]1C(=O)O[C@@H]2C[C@](C)([C@@H]3OC(=O)C=C3C)[C@H]3[C@@]4(O)OC[C@@]23[C@@H]1[C@@H](C)[C@H]4O. The van der Waals surface area contributed by atoms with Crippen LogP contribution in [0.15, 0.2) is 11.6 Å². The summed E-state index contributed by atoms with van der Waals surface area (Å²) in [6.45, 7) is 6.61. The summed E-state index contributed by atoms with van der Waals surface area (Å²) in [6, 6.07) is 0. The predicted octanol–water partition coefficient (Wildman–Crippen LogP) is 0.0734. The van der Waals surface area contributed by atoms with Crippen LogP contribution in [0.2, 0.25) is 0 Å². The van der Waals surface area contributed by atoms with Gasteiger partial charge < -0.3 is 29.2 Å². The molecule has 3 heterocycles. The van der Waals surface area contributed by atoms with E-state index >= 15 is 0 Å². The molecule has 0 aromatic heterocycles. The second kappa shape index (κ2) is 5.83. The van der Waals surface area contributed by atoms with Crippen LogP contribution in [0.25, 0.3) is 0 Å². The highest BCUT2D eigenvalue weighted by molar-refractivity contribution is 5.86. The van der Waals surface area contributed by atoms with Crippen LogP contribution in [0, 0.1) is 28.6 Å². The third-order valence-corrected chi connectivity index (χ3v) is 8.20. The van der Waals surface area contributed by atoms with Crippen molar-refractivity contribution in [3.8, 4) is 0 Å². The average Bonchev–Trinajstić information content (AvgIpc) is 3.22. The molecule has 4 fully saturated rings. The van der Waals surface area contributed by atoms with Gasteiger partial charge >= 0.3 is 17.9 Å². The molecule has 0 radical (unpaired) electrons. The first-order valence-corrected chi connectivity index (χ1v) is 10.3. The standard InChI is InChI=1S/C21H26O9/c1-8-5-12(23)30-16(8)19(4)6-11-20-7-27-21(26,18(19)20)15(24)9(2)13(20)14(17(25)29-11)28-10(3)22/h5,9,11,13-16,18,24,26H,6-7H2,1-4H3/t9-,11-,13-,14-,15-,16-,18-,19-,20+,21+/m1/s1. The van der Waals surface area contributed by atoms with Crippen LogP contribution in [0.1, 0.15) is 34.1 Å². The molecule has 2 N–H and O–H groups in total. The average molecular weight is 422 g/mol. The molecule has 1 spiro atoms. The lowest BCUT2D eigenvalue weighted by Gasteiger charge is -2.57. The second-order valence-electron chi connectivity index (χ2n) is 9.79. The van der Waals surface area contributed by atoms with Crippen molar-refractivity contribution in [2.24, 2.45) is 28.6 Å². The summed E-state index contributed by atoms with van der Waals surface area (Å²) in [5.41, 5.74) is -1.05. The van der Waals surface area contributed by atoms with Gasteiger partial charge in [-0.05, 0) is 24.8 Å². The summed E-state index contributed by atoms with van der Waals surface area (Å²) in [4.78, 5) is 36.6. The summed E-state index contributed by atoms with van der Waals surface area (Å²) in [7, 11) is 0. The van der Waals surface area contributed by atoms with Crippen LogP contribution in [-0.2, 0) is 33.3 Å². The lowest BCUT2D eigenvalue weighted by molar-refractivity contribution is -0.304. The fraction of sp³-hybridized carbons (Fsp3) is 0.762. The van der Waals surface area contributed by atoms with Crippen LogP contribution in [-0.4, -0.2) is 64.9 Å².